The van der Waals surface area contributed by atoms with Gasteiger partial charge in [0.25, 0.3) is 0 Å². The number of hydrogen-bond acceptors (Lipinski definition) is 4. The van der Waals surface area contributed by atoms with E-state index in [1.165, 1.54) is 0 Å². The highest BCUT2D eigenvalue weighted by Crippen LogP contribution is 2.06. The van der Waals surface area contributed by atoms with Crippen LogP contribution in [0.3, 0.4) is 0 Å². The average Bonchev–Trinajstić information content (AvgIpc) is 2.24. The van der Waals surface area contributed by atoms with E-state index in [4.69, 9.17) is 11.6 Å². The topological polar surface area (TPSA) is 64.1 Å². The molecule has 0 saturated carbocycles. The van der Waals surface area contributed by atoms with Crippen molar-refractivity contribution in [3.8, 4) is 0 Å². The third-order valence-corrected chi connectivity index (χ3v) is 1.33. The van der Waals surface area contributed by atoms with Gasteiger partial charge in [-0.05, 0) is 33.2 Å². The largest absolute Gasteiger partial charge is 0.444 e. The molecule has 0 fully saturated rings. The Morgan fingerprint density at radius 1 is 1.56 bits per heavy atom. The first-order chi connectivity index (χ1) is 9.31. The molecule has 1 aromatic heterocycles. The molecule has 88 valence electrons. The minimum absolute atomic E-state index is 0.112. The van der Waals surface area contributed by atoms with Gasteiger partial charge in [-0.25, -0.2) is 14.8 Å². The minimum Gasteiger partial charge on any atom is -0.444 e. The first kappa shape index (κ1) is 6.83. The summed E-state index contributed by atoms with van der Waals surface area (Å²) in [5.41, 5.74) is -0.883. The summed E-state index contributed by atoms with van der Waals surface area (Å²) in [4.78, 5) is 18.9. The Balaban J connectivity index is 2.86. The maximum atomic E-state index is 11.6. The Kier molecular flexibility index (Phi) is 2.10. The SMILES string of the molecule is [2H]C([2H])([2H])c1cnc(C([2H])([2H])NC(=O)OC(C)(C)C)nc1. The van der Waals surface area contributed by atoms with Gasteiger partial charge in [-0.15, -0.1) is 0 Å². The van der Waals surface area contributed by atoms with E-state index >= 15 is 0 Å². The fourth-order valence-corrected chi connectivity index (χ4v) is 0.803. The lowest BCUT2D eigenvalue weighted by Gasteiger charge is -2.19. The maximum absolute atomic E-state index is 11.6. The summed E-state index contributed by atoms with van der Waals surface area (Å²) in [7, 11) is 0. The zero-order valence-electron chi connectivity index (χ0n) is 14.4. The molecule has 0 aromatic carbocycles. The number of aryl methyl sites for hydroxylation is 1. The van der Waals surface area contributed by atoms with Crippen molar-refractivity contribution < 1.29 is 16.4 Å². The van der Waals surface area contributed by atoms with E-state index in [-0.39, 0.29) is 11.4 Å². The summed E-state index contributed by atoms with van der Waals surface area (Å²) in [5.74, 6) is -0.360. The second-order valence-electron chi connectivity index (χ2n) is 4.05. The van der Waals surface area contributed by atoms with E-state index in [9.17, 15) is 4.79 Å². The quantitative estimate of drug-likeness (QED) is 0.838. The number of nitrogens with one attached hydrogen (secondary N) is 1. The number of hydrogen-bond donors (Lipinski definition) is 1. The molecule has 16 heavy (non-hydrogen) atoms. The molecule has 0 atom stereocenters. The van der Waals surface area contributed by atoms with Gasteiger partial charge in [-0.2, -0.15) is 0 Å². The van der Waals surface area contributed by atoms with Crippen LogP contribution in [0.1, 0.15) is 39.0 Å². The highest BCUT2D eigenvalue weighted by atomic mass is 16.6. The van der Waals surface area contributed by atoms with Crippen molar-refractivity contribution in [1.29, 1.82) is 0 Å². The third-order valence-electron chi connectivity index (χ3n) is 1.33. The second kappa shape index (κ2) is 4.92. The van der Waals surface area contributed by atoms with Crippen LogP contribution in [0.2, 0.25) is 0 Å². The molecule has 1 rings (SSSR count). The number of alkyl carbamates (subject to hydrolysis) is 1. The number of rotatable bonds is 2. The summed E-state index contributed by atoms with van der Waals surface area (Å²) in [6.07, 6.45) is 1.05. The molecule has 0 bridgehead atoms. The predicted octanol–water partition coefficient (Wildman–Crippen LogP) is 1.81. The van der Waals surface area contributed by atoms with Crippen molar-refractivity contribution in [2.75, 3.05) is 0 Å². The van der Waals surface area contributed by atoms with Gasteiger partial charge in [0, 0.05) is 16.5 Å². The first-order valence-electron chi connectivity index (χ1n) is 7.15. The van der Waals surface area contributed by atoms with Gasteiger partial charge < -0.3 is 10.1 Å². The molecule has 0 aliphatic carbocycles. The molecule has 1 N–H and O–H groups in total. The van der Waals surface area contributed by atoms with Crippen LogP contribution in [0, 0.1) is 6.85 Å². The minimum atomic E-state index is -2.38. The number of amides is 1. The molecule has 1 amide bonds. The van der Waals surface area contributed by atoms with Crippen molar-refractivity contribution in [3.63, 3.8) is 0 Å². The van der Waals surface area contributed by atoms with Crippen molar-refractivity contribution in [2.24, 2.45) is 0 Å². The van der Waals surface area contributed by atoms with E-state index < -0.39 is 25.0 Å². The first-order valence-corrected chi connectivity index (χ1v) is 4.65. The fourth-order valence-electron chi connectivity index (χ4n) is 0.803. The third kappa shape index (κ3) is 4.72. The summed E-state index contributed by atoms with van der Waals surface area (Å²) in [5, 5.41) is 1.99. The Hall–Kier alpha value is -1.65. The molecular weight excluding hydrogens is 206 g/mol. The molecular formula is C11H17N3O2. The van der Waals surface area contributed by atoms with Crippen LogP contribution in [0.15, 0.2) is 12.4 Å². The van der Waals surface area contributed by atoms with Gasteiger partial charge in [-0.3, -0.25) is 0 Å². The van der Waals surface area contributed by atoms with Crippen LogP contribution >= 0.6 is 0 Å². The molecule has 1 heterocycles. The fraction of sp³-hybridized carbons (Fsp3) is 0.545. The van der Waals surface area contributed by atoms with Gasteiger partial charge in [0.05, 0.1) is 9.24 Å². The Morgan fingerprint density at radius 3 is 2.69 bits per heavy atom. The molecule has 0 spiro atoms. The number of nitrogens with zero attached hydrogens (tertiary/aromatic N) is 2. The van der Waals surface area contributed by atoms with Gasteiger partial charge in [0.15, 0.2) is 0 Å². The summed E-state index contributed by atoms with van der Waals surface area (Å²) >= 11 is 0. The van der Waals surface area contributed by atoms with Crippen LogP contribution < -0.4 is 5.32 Å². The monoisotopic (exact) mass is 228 g/mol. The molecule has 5 nitrogen and oxygen atoms in total. The Labute approximate surface area is 102 Å². The highest BCUT2D eigenvalue weighted by molar-refractivity contribution is 5.67. The Morgan fingerprint density at radius 2 is 2.19 bits per heavy atom. The predicted molar refractivity (Wildman–Crippen MR) is 59.8 cm³/mol. The van der Waals surface area contributed by atoms with Crippen LogP contribution in [-0.2, 0) is 11.2 Å². The summed E-state index contributed by atoms with van der Waals surface area (Å²) < 4.78 is 41.9. The average molecular weight is 228 g/mol. The van der Waals surface area contributed by atoms with E-state index in [1.54, 1.807) is 20.8 Å². The molecule has 0 aliphatic rings. The molecule has 0 saturated heterocycles. The van der Waals surface area contributed by atoms with E-state index in [0.29, 0.717) is 0 Å². The summed E-state index contributed by atoms with van der Waals surface area (Å²) in [6, 6.07) is 0. The number of ether oxygens (including phenoxy) is 1. The lowest BCUT2D eigenvalue weighted by molar-refractivity contribution is 0.0522. The molecule has 5 heteroatoms. The lowest BCUT2D eigenvalue weighted by atomic mass is 10.2. The molecule has 1 aromatic rings. The van der Waals surface area contributed by atoms with Gasteiger partial charge in [-0.1, -0.05) is 0 Å². The van der Waals surface area contributed by atoms with Crippen molar-refractivity contribution >= 4 is 6.09 Å². The van der Waals surface area contributed by atoms with Crippen molar-refractivity contribution in [3.05, 3.63) is 23.8 Å². The summed E-state index contributed by atoms with van der Waals surface area (Å²) in [6.45, 7) is 0.177. The molecule has 0 radical (unpaired) electrons. The van der Waals surface area contributed by atoms with Crippen LogP contribution in [-0.4, -0.2) is 21.7 Å². The standard InChI is InChI=1S/C11H17N3O2/c1-8-5-12-9(13-6-8)7-14-10(15)16-11(2,3)4/h5-6H,7H2,1-4H3,(H,14,15)/i1D3,7D2. The van der Waals surface area contributed by atoms with E-state index in [2.05, 4.69) is 9.97 Å². The van der Waals surface area contributed by atoms with Crippen LogP contribution in [0.5, 0.6) is 0 Å². The van der Waals surface area contributed by atoms with E-state index in [1.807, 2.05) is 5.32 Å². The smallest absolute Gasteiger partial charge is 0.408 e. The normalized spacial score (nSPS) is 17.3. The zero-order chi connectivity index (χ0) is 16.5. The Bertz CT molecular complexity index is 508. The van der Waals surface area contributed by atoms with Gasteiger partial charge in [0.1, 0.15) is 11.4 Å². The maximum Gasteiger partial charge on any atom is 0.408 e. The lowest BCUT2D eigenvalue weighted by Crippen LogP contribution is -2.32. The number of aromatic nitrogens is 2. The van der Waals surface area contributed by atoms with Gasteiger partial charge in [0.2, 0.25) is 0 Å². The van der Waals surface area contributed by atoms with Crippen molar-refractivity contribution in [2.45, 2.75) is 39.7 Å². The van der Waals surface area contributed by atoms with E-state index in [0.717, 1.165) is 12.4 Å². The zero-order valence-corrected chi connectivity index (χ0v) is 9.37. The van der Waals surface area contributed by atoms with Gasteiger partial charge >= 0.3 is 6.09 Å². The molecule has 0 unspecified atom stereocenters. The second-order valence-corrected chi connectivity index (χ2v) is 4.05. The highest BCUT2D eigenvalue weighted by Gasteiger charge is 2.15. The molecule has 0 aliphatic heterocycles. The number of carbonyl (C=O) groups excluding carboxylic acids is 1. The van der Waals surface area contributed by atoms with Crippen LogP contribution in [0.25, 0.3) is 0 Å². The number of carbonyl (C=O) groups is 1. The van der Waals surface area contributed by atoms with Crippen LogP contribution in [0.4, 0.5) is 4.79 Å². The van der Waals surface area contributed by atoms with Crippen molar-refractivity contribution in [1.82, 2.24) is 15.3 Å².